The lowest BCUT2D eigenvalue weighted by Crippen LogP contribution is -2.07. The number of hydrogen-bond donors (Lipinski definition) is 0. The number of aryl methyl sites for hydroxylation is 1. The number of rotatable bonds is 8. The summed E-state index contributed by atoms with van der Waals surface area (Å²) in [6, 6.07) is 4.99. The topological polar surface area (TPSA) is 31.4 Å². The molecule has 1 heterocycles. The molecule has 0 aliphatic heterocycles. The van der Waals surface area contributed by atoms with Crippen molar-refractivity contribution in [3.05, 3.63) is 51.8 Å². The summed E-state index contributed by atoms with van der Waals surface area (Å²) in [7, 11) is 0. The largest absolute Gasteiger partial charge is 0.489 e. The van der Waals surface area contributed by atoms with Gasteiger partial charge in [-0.1, -0.05) is 29.3 Å². The van der Waals surface area contributed by atoms with Crippen LogP contribution in [-0.4, -0.2) is 18.2 Å². The van der Waals surface area contributed by atoms with Crippen LogP contribution in [0.1, 0.15) is 24.0 Å². The maximum absolute atomic E-state index is 12.6. The van der Waals surface area contributed by atoms with E-state index in [4.69, 9.17) is 27.9 Å². The summed E-state index contributed by atoms with van der Waals surface area (Å²) in [4.78, 5) is 3.93. The number of aromatic nitrogens is 1. The van der Waals surface area contributed by atoms with Crippen molar-refractivity contribution in [2.75, 3.05) is 6.61 Å². The average Bonchev–Trinajstić information content (AvgIpc) is 3.38. The Balaban J connectivity index is 1.73. The summed E-state index contributed by atoms with van der Waals surface area (Å²) in [6.45, 7) is -2.37. The summed E-state index contributed by atoms with van der Waals surface area (Å²) in [5, 5.41) is 1.02. The summed E-state index contributed by atoms with van der Waals surface area (Å²) >= 11 is 12.3. The van der Waals surface area contributed by atoms with Gasteiger partial charge in [0.2, 0.25) is 0 Å². The molecule has 0 spiro atoms. The van der Waals surface area contributed by atoms with Gasteiger partial charge in [0, 0.05) is 12.4 Å². The molecule has 0 amide bonds. The quantitative estimate of drug-likeness (QED) is 0.593. The molecule has 1 fully saturated rings. The van der Waals surface area contributed by atoms with E-state index >= 15 is 0 Å². The number of halogens is 4. The van der Waals surface area contributed by atoms with Crippen molar-refractivity contribution in [1.82, 2.24) is 4.98 Å². The third-order valence-corrected chi connectivity index (χ3v) is 4.66. The SMILES string of the molecule is FC(F)Oc1ccc(CCc2c(Cl)cncc2Cl)cc1OCC1CC1. The van der Waals surface area contributed by atoms with Crippen molar-refractivity contribution < 1.29 is 18.3 Å². The summed E-state index contributed by atoms with van der Waals surface area (Å²) in [6.07, 6.45) is 6.57. The molecule has 1 aliphatic rings. The van der Waals surface area contributed by atoms with Crippen LogP contribution in [0.15, 0.2) is 30.6 Å². The Morgan fingerprint density at radius 1 is 1.08 bits per heavy atom. The Labute approximate surface area is 154 Å². The summed E-state index contributed by atoms with van der Waals surface area (Å²) in [5.74, 6) is 0.911. The zero-order valence-corrected chi connectivity index (χ0v) is 14.9. The lowest BCUT2D eigenvalue weighted by molar-refractivity contribution is -0.0515. The molecule has 1 aromatic carbocycles. The van der Waals surface area contributed by atoms with Crippen LogP contribution in [0.5, 0.6) is 11.5 Å². The highest BCUT2D eigenvalue weighted by atomic mass is 35.5. The molecule has 134 valence electrons. The Kier molecular flexibility index (Phi) is 5.97. The normalized spacial score (nSPS) is 14.0. The molecule has 2 aromatic rings. The van der Waals surface area contributed by atoms with Gasteiger partial charge < -0.3 is 9.47 Å². The second-order valence-electron chi connectivity index (χ2n) is 6.00. The van der Waals surface area contributed by atoms with Gasteiger partial charge in [0.05, 0.1) is 16.7 Å². The number of alkyl halides is 2. The van der Waals surface area contributed by atoms with Crippen LogP contribution in [0, 0.1) is 5.92 Å². The summed E-state index contributed by atoms with van der Waals surface area (Å²) < 4.78 is 35.3. The highest BCUT2D eigenvalue weighted by molar-refractivity contribution is 6.35. The van der Waals surface area contributed by atoms with E-state index in [-0.39, 0.29) is 5.75 Å². The molecular formula is C18H17Cl2F2NO2. The molecule has 7 heteroatoms. The fourth-order valence-electron chi connectivity index (χ4n) is 2.45. The molecule has 3 rings (SSSR count). The minimum Gasteiger partial charge on any atom is -0.489 e. The molecule has 0 radical (unpaired) electrons. The van der Waals surface area contributed by atoms with Crippen molar-refractivity contribution in [3.63, 3.8) is 0 Å². The fourth-order valence-corrected chi connectivity index (χ4v) is 3.01. The number of benzene rings is 1. The second kappa shape index (κ2) is 8.19. The maximum Gasteiger partial charge on any atom is 0.387 e. The summed E-state index contributed by atoms with van der Waals surface area (Å²) in [5.41, 5.74) is 1.74. The Hall–Kier alpha value is -1.59. The second-order valence-corrected chi connectivity index (χ2v) is 6.81. The number of pyridine rings is 1. The Morgan fingerprint density at radius 3 is 2.44 bits per heavy atom. The van der Waals surface area contributed by atoms with E-state index in [2.05, 4.69) is 9.72 Å². The van der Waals surface area contributed by atoms with Crippen LogP contribution < -0.4 is 9.47 Å². The van der Waals surface area contributed by atoms with E-state index in [9.17, 15) is 8.78 Å². The molecule has 25 heavy (non-hydrogen) atoms. The zero-order valence-electron chi connectivity index (χ0n) is 13.4. The smallest absolute Gasteiger partial charge is 0.387 e. The monoisotopic (exact) mass is 387 g/mol. The van der Waals surface area contributed by atoms with Crippen LogP contribution in [0.2, 0.25) is 10.0 Å². The maximum atomic E-state index is 12.6. The molecule has 0 saturated heterocycles. The molecule has 0 bridgehead atoms. The highest BCUT2D eigenvalue weighted by Gasteiger charge is 2.23. The highest BCUT2D eigenvalue weighted by Crippen LogP contribution is 2.34. The minimum absolute atomic E-state index is 0.0550. The first-order valence-corrected chi connectivity index (χ1v) is 8.77. The average molecular weight is 388 g/mol. The number of ether oxygens (including phenoxy) is 2. The predicted molar refractivity (Wildman–Crippen MR) is 93.0 cm³/mol. The van der Waals surface area contributed by atoms with Crippen molar-refractivity contribution in [2.45, 2.75) is 32.3 Å². The first kappa shape index (κ1) is 18.2. The molecule has 0 unspecified atom stereocenters. The lowest BCUT2D eigenvalue weighted by atomic mass is 10.0. The molecule has 0 N–H and O–H groups in total. The van der Waals surface area contributed by atoms with Crippen molar-refractivity contribution >= 4 is 23.2 Å². The zero-order chi connectivity index (χ0) is 17.8. The van der Waals surface area contributed by atoms with Crippen LogP contribution in [0.25, 0.3) is 0 Å². The van der Waals surface area contributed by atoms with Gasteiger partial charge in [-0.2, -0.15) is 8.78 Å². The van der Waals surface area contributed by atoms with Gasteiger partial charge in [-0.05, 0) is 54.9 Å². The van der Waals surface area contributed by atoms with Crippen molar-refractivity contribution in [1.29, 1.82) is 0 Å². The van der Waals surface area contributed by atoms with Crippen LogP contribution in [0.4, 0.5) is 8.78 Å². The van der Waals surface area contributed by atoms with Gasteiger partial charge in [-0.3, -0.25) is 4.98 Å². The van der Waals surface area contributed by atoms with Crippen LogP contribution in [0.3, 0.4) is 0 Å². The van der Waals surface area contributed by atoms with Crippen molar-refractivity contribution in [2.24, 2.45) is 5.92 Å². The Morgan fingerprint density at radius 2 is 1.80 bits per heavy atom. The molecule has 1 saturated carbocycles. The fraction of sp³-hybridized carbons (Fsp3) is 0.389. The standard InChI is InChI=1S/C18H17Cl2F2NO2/c19-14-8-23-9-15(20)13(14)5-3-11-4-6-16(25-18(21)22)17(7-11)24-10-12-1-2-12/h4,6-9,12,18H,1-3,5,10H2. The first-order chi connectivity index (χ1) is 12.0. The number of nitrogens with zero attached hydrogens (tertiary/aromatic N) is 1. The van der Waals surface area contributed by atoms with Crippen molar-refractivity contribution in [3.8, 4) is 11.5 Å². The molecule has 1 aliphatic carbocycles. The third kappa shape index (κ3) is 5.19. The lowest BCUT2D eigenvalue weighted by Gasteiger charge is -2.14. The molecule has 1 aromatic heterocycles. The van der Waals surface area contributed by atoms with Gasteiger partial charge in [0.1, 0.15) is 0 Å². The van der Waals surface area contributed by atoms with Gasteiger partial charge in [-0.15, -0.1) is 0 Å². The van der Waals surface area contributed by atoms with E-state index in [1.165, 1.54) is 6.07 Å². The van der Waals surface area contributed by atoms with Gasteiger partial charge in [0.25, 0.3) is 0 Å². The van der Waals surface area contributed by atoms with Crippen LogP contribution in [-0.2, 0) is 12.8 Å². The Bertz CT molecular complexity index is 719. The minimum atomic E-state index is -2.89. The van der Waals surface area contributed by atoms with Gasteiger partial charge in [0.15, 0.2) is 11.5 Å². The molecule has 0 atom stereocenters. The van der Waals surface area contributed by atoms with E-state index in [0.717, 1.165) is 24.0 Å². The van der Waals surface area contributed by atoms with Gasteiger partial charge >= 0.3 is 6.61 Å². The van der Waals surface area contributed by atoms with E-state index in [0.29, 0.717) is 41.2 Å². The molecular weight excluding hydrogens is 371 g/mol. The predicted octanol–water partition coefficient (Wildman–Crippen LogP) is 5.56. The van der Waals surface area contributed by atoms with Crippen LogP contribution >= 0.6 is 23.2 Å². The van der Waals surface area contributed by atoms with E-state index < -0.39 is 6.61 Å². The van der Waals surface area contributed by atoms with Gasteiger partial charge in [-0.25, -0.2) is 0 Å². The van der Waals surface area contributed by atoms with E-state index in [1.807, 2.05) is 0 Å². The molecule has 3 nitrogen and oxygen atoms in total. The number of hydrogen-bond acceptors (Lipinski definition) is 3. The van der Waals surface area contributed by atoms with E-state index in [1.54, 1.807) is 24.5 Å². The third-order valence-electron chi connectivity index (χ3n) is 4.01. The first-order valence-electron chi connectivity index (χ1n) is 8.01.